The van der Waals surface area contributed by atoms with Gasteiger partial charge in [-0.25, -0.2) is 4.98 Å². The largest absolute Gasteiger partial charge is 0.351 e. The molecule has 84 valence electrons. The number of pyridine rings is 1. The number of aryl methyl sites for hydroxylation is 3. The molecule has 0 aliphatic carbocycles. The fourth-order valence-corrected chi connectivity index (χ4v) is 1.63. The molecule has 0 aromatic carbocycles. The van der Waals surface area contributed by atoms with Crippen LogP contribution in [0.4, 0.5) is 5.82 Å². The van der Waals surface area contributed by atoms with Gasteiger partial charge in [-0.1, -0.05) is 6.07 Å². The highest BCUT2D eigenvalue weighted by molar-refractivity contribution is 5.34. The van der Waals surface area contributed by atoms with Gasteiger partial charge in [-0.3, -0.25) is 4.68 Å². The van der Waals surface area contributed by atoms with Crippen molar-refractivity contribution in [2.24, 2.45) is 0 Å². The van der Waals surface area contributed by atoms with Crippen molar-refractivity contribution < 1.29 is 0 Å². The third-order valence-corrected chi connectivity index (χ3v) is 2.40. The third-order valence-electron chi connectivity index (χ3n) is 2.40. The highest BCUT2D eigenvalue weighted by Gasteiger charge is 2.00. The van der Waals surface area contributed by atoms with Gasteiger partial charge in [0.05, 0.1) is 5.69 Å². The maximum Gasteiger partial charge on any atom is 0.127 e. The van der Waals surface area contributed by atoms with E-state index in [2.05, 4.69) is 21.5 Å². The predicted molar refractivity (Wildman–Crippen MR) is 64.3 cm³/mol. The summed E-state index contributed by atoms with van der Waals surface area (Å²) >= 11 is 0. The molecule has 1 N–H and O–H groups in total. The van der Waals surface area contributed by atoms with E-state index >= 15 is 0 Å². The number of nitrogens with one attached hydrogen (secondary N) is 1. The van der Waals surface area contributed by atoms with Crippen LogP contribution in [0.15, 0.2) is 24.3 Å². The van der Waals surface area contributed by atoms with Crippen LogP contribution < -0.4 is 5.32 Å². The summed E-state index contributed by atoms with van der Waals surface area (Å²) < 4.78 is 1.93. The first kappa shape index (κ1) is 10.7. The van der Waals surface area contributed by atoms with Gasteiger partial charge in [0, 0.05) is 11.4 Å². The molecule has 0 saturated heterocycles. The summed E-state index contributed by atoms with van der Waals surface area (Å²) in [5.41, 5.74) is 3.20. The van der Waals surface area contributed by atoms with E-state index in [1.165, 1.54) is 0 Å². The molecule has 0 amide bonds. The molecule has 0 aliphatic rings. The van der Waals surface area contributed by atoms with Gasteiger partial charge in [-0.15, -0.1) is 0 Å². The zero-order valence-corrected chi connectivity index (χ0v) is 9.86. The van der Waals surface area contributed by atoms with Crippen molar-refractivity contribution in [2.75, 3.05) is 5.32 Å². The first-order valence-electron chi connectivity index (χ1n) is 5.34. The molecule has 0 bridgehead atoms. The maximum atomic E-state index is 4.37. The van der Waals surface area contributed by atoms with Crippen molar-refractivity contribution in [3.05, 3.63) is 41.3 Å². The summed E-state index contributed by atoms with van der Waals surface area (Å²) in [7, 11) is 0. The molecule has 16 heavy (non-hydrogen) atoms. The monoisotopic (exact) mass is 216 g/mol. The zero-order chi connectivity index (χ0) is 11.5. The lowest BCUT2D eigenvalue weighted by Crippen LogP contribution is -2.11. The predicted octanol–water partition coefficient (Wildman–Crippen LogP) is 2.27. The van der Waals surface area contributed by atoms with Gasteiger partial charge in [0.2, 0.25) is 0 Å². The Balaban J connectivity index is 2.05. The second-order valence-corrected chi connectivity index (χ2v) is 3.93. The molecule has 0 radical (unpaired) electrons. The molecule has 2 aromatic rings. The van der Waals surface area contributed by atoms with Crippen LogP contribution in [-0.2, 0) is 6.67 Å². The molecule has 2 aromatic heterocycles. The summed E-state index contributed by atoms with van der Waals surface area (Å²) in [6, 6.07) is 7.99. The van der Waals surface area contributed by atoms with Crippen molar-refractivity contribution in [1.82, 2.24) is 14.8 Å². The second-order valence-electron chi connectivity index (χ2n) is 3.93. The molecule has 0 aliphatic heterocycles. The van der Waals surface area contributed by atoms with Crippen molar-refractivity contribution in [1.29, 1.82) is 0 Å². The Morgan fingerprint density at radius 3 is 2.62 bits per heavy atom. The normalized spacial score (nSPS) is 10.4. The molecule has 0 saturated carbocycles. The van der Waals surface area contributed by atoms with E-state index in [1.807, 2.05) is 43.7 Å². The first-order valence-corrected chi connectivity index (χ1v) is 5.34. The molecule has 2 rings (SSSR count). The number of aromatic nitrogens is 3. The summed E-state index contributed by atoms with van der Waals surface area (Å²) in [5, 5.41) is 7.62. The SMILES string of the molecule is Cc1cccc(NCn2nc(C)cc2C)n1. The van der Waals surface area contributed by atoms with Gasteiger partial charge in [0.25, 0.3) is 0 Å². The van der Waals surface area contributed by atoms with E-state index in [-0.39, 0.29) is 0 Å². The fourth-order valence-electron chi connectivity index (χ4n) is 1.63. The van der Waals surface area contributed by atoms with Crippen molar-refractivity contribution in [2.45, 2.75) is 27.4 Å². The number of hydrogen-bond acceptors (Lipinski definition) is 3. The van der Waals surface area contributed by atoms with E-state index in [4.69, 9.17) is 0 Å². The Morgan fingerprint density at radius 2 is 2.00 bits per heavy atom. The van der Waals surface area contributed by atoms with E-state index in [1.54, 1.807) is 0 Å². The molecule has 0 spiro atoms. The lowest BCUT2D eigenvalue weighted by Gasteiger charge is -2.07. The van der Waals surface area contributed by atoms with Crippen LogP contribution in [0.2, 0.25) is 0 Å². The van der Waals surface area contributed by atoms with Crippen LogP contribution in [0.25, 0.3) is 0 Å². The minimum absolute atomic E-state index is 0.649. The Bertz CT molecular complexity index is 488. The Morgan fingerprint density at radius 1 is 1.19 bits per heavy atom. The van der Waals surface area contributed by atoms with E-state index in [9.17, 15) is 0 Å². The smallest absolute Gasteiger partial charge is 0.127 e. The lowest BCUT2D eigenvalue weighted by molar-refractivity contribution is 0.642. The highest BCUT2D eigenvalue weighted by atomic mass is 15.3. The van der Waals surface area contributed by atoms with Gasteiger partial charge < -0.3 is 5.32 Å². The van der Waals surface area contributed by atoms with Crippen LogP contribution in [0.3, 0.4) is 0 Å². The second kappa shape index (κ2) is 4.35. The zero-order valence-electron chi connectivity index (χ0n) is 9.86. The standard InChI is InChI=1S/C12H16N4/c1-9-5-4-6-12(14-9)13-8-16-11(3)7-10(2)15-16/h4-7H,8H2,1-3H3,(H,13,14). The molecule has 2 heterocycles. The number of hydrogen-bond donors (Lipinski definition) is 1. The maximum absolute atomic E-state index is 4.37. The summed E-state index contributed by atoms with van der Waals surface area (Å²) in [6.07, 6.45) is 0. The van der Waals surface area contributed by atoms with Crippen molar-refractivity contribution in [3.63, 3.8) is 0 Å². The Labute approximate surface area is 95.3 Å². The summed E-state index contributed by atoms with van der Waals surface area (Å²) in [6.45, 7) is 6.67. The molecular weight excluding hydrogens is 200 g/mol. The molecule has 0 unspecified atom stereocenters. The lowest BCUT2D eigenvalue weighted by atomic mass is 10.4. The van der Waals surface area contributed by atoms with E-state index in [0.29, 0.717) is 6.67 Å². The Hall–Kier alpha value is -1.84. The number of rotatable bonds is 3. The summed E-state index contributed by atoms with van der Waals surface area (Å²) in [5.74, 6) is 0.882. The molecular formula is C12H16N4. The molecule has 0 fully saturated rings. The van der Waals surface area contributed by atoms with Gasteiger partial charge in [0.15, 0.2) is 0 Å². The average molecular weight is 216 g/mol. The van der Waals surface area contributed by atoms with Gasteiger partial charge in [-0.2, -0.15) is 5.10 Å². The summed E-state index contributed by atoms with van der Waals surface area (Å²) in [4.78, 5) is 4.37. The molecule has 4 nitrogen and oxygen atoms in total. The van der Waals surface area contributed by atoms with E-state index < -0.39 is 0 Å². The minimum Gasteiger partial charge on any atom is -0.351 e. The van der Waals surface area contributed by atoms with Crippen molar-refractivity contribution >= 4 is 5.82 Å². The minimum atomic E-state index is 0.649. The van der Waals surface area contributed by atoms with Crippen LogP contribution >= 0.6 is 0 Å². The third kappa shape index (κ3) is 2.39. The molecule has 4 heteroatoms. The van der Waals surface area contributed by atoms with Gasteiger partial charge in [0.1, 0.15) is 12.5 Å². The number of nitrogens with zero attached hydrogens (tertiary/aromatic N) is 3. The Kier molecular flexibility index (Phi) is 2.90. The molecule has 0 atom stereocenters. The van der Waals surface area contributed by atoms with Gasteiger partial charge >= 0.3 is 0 Å². The fraction of sp³-hybridized carbons (Fsp3) is 0.333. The van der Waals surface area contributed by atoms with Crippen molar-refractivity contribution in [3.8, 4) is 0 Å². The first-order chi connectivity index (χ1) is 7.65. The highest BCUT2D eigenvalue weighted by Crippen LogP contribution is 2.06. The van der Waals surface area contributed by atoms with Crippen LogP contribution in [0.1, 0.15) is 17.1 Å². The van der Waals surface area contributed by atoms with Gasteiger partial charge in [-0.05, 0) is 39.0 Å². The van der Waals surface area contributed by atoms with E-state index in [0.717, 1.165) is 22.9 Å². The quantitative estimate of drug-likeness (QED) is 0.855. The van der Waals surface area contributed by atoms with Crippen LogP contribution in [0.5, 0.6) is 0 Å². The topological polar surface area (TPSA) is 42.7 Å². The van der Waals surface area contributed by atoms with Crippen LogP contribution in [0, 0.1) is 20.8 Å². The average Bonchev–Trinajstić information content (AvgIpc) is 2.54. The number of anilines is 1. The van der Waals surface area contributed by atoms with Crippen LogP contribution in [-0.4, -0.2) is 14.8 Å².